The van der Waals surface area contributed by atoms with E-state index >= 15 is 0 Å². The first kappa shape index (κ1) is 16.3. The normalized spacial score (nSPS) is 21.5. The van der Waals surface area contributed by atoms with Crippen molar-refractivity contribution in [2.45, 2.75) is 33.2 Å². The van der Waals surface area contributed by atoms with E-state index in [2.05, 4.69) is 0 Å². The summed E-state index contributed by atoms with van der Waals surface area (Å²) >= 11 is 0. The van der Waals surface area contributed by atoms with Gasteiger partial charge in [0, 0.05) is 20.0 Å². The molecular formula is C18H23NO3. The zero-order valence-electron chi connectivity index (χ0n) is 13.2. The van der Waals surface area contributed by atoms with Crippen molar-refractivity contribution >= 4 is 11.9 Å². The molecule has 0 aliphatic carbocycles. The largest absolute Gasteiger partial charge is 0.462 e. The number of nitrogens with zero attached hydrogens (tertiary/aromatic N) is 1. The summed E-state index contributed by atoms with van der Waals surface area (Å²) < 4.78 is 4.90. The van der Waals surface area contributed by atoms with Gasteiger partial charge in [-0.25, -0.2) is 0 Å². The summed E-state index contributed by atoms with van der Waals surface area (Å²) in [5.41, 5.74) is 0.696. The molecule has 0 radical (unpaired) electrons. The summed E-state index contributed by atoms with van der Waals surface area (Å²) in [6, 6.07) is 10.0. The lowest BCUT2D eigenvalue weighted by atomic mass is 9.83. The van der Waals surface area contributed by atoms with Gasteiger partial charge in [-0.2, -0.15) is 0 Å². The molecule has 1 unspecified atom stereocenters. The molecule has 0 bridgehead atoms. The van der Waals surface area contributed by atoms with Crippen molar-refractivity contribution in [3.63, 3.8) is 0 Å². The summed E-state index contributed by atoms with van der Waals surface area (Å²) in [7, 11) is 0. The van der Waals surface area contributed by atoms with Gasteiger partial charge in [-0.15, -0.1) is 0 Å². The number of hydrogen-bond donors (Lipinski definition) is 0. The second kappa shape index (κ2) is 7.25. The molecule has 0 aromatic heterocycles. The smallest absolute Gasteiger partial charge is 0.302 e. The third-order valence-electron chi connectivity index (χ3n) is 4.21. The first-order valence-electron chi connectivity index (χ1n) is 7.72. The Morgan fingerprint density at radius 3 is 2.73 bits per heavy atom. The molecule has 22 heavy (non-hydrogen) atoms. The number of carbonyl (C=O) groups is 2. The van der Waals surface area contributed by atoms with Gasteiger partial charge in [0.1, 0.15) is 6.61 Å². The minimum Gasteiger partial charge on any atom is -0.462 e. The summed E-state index contributed by atoms with van der Waals surface area (Å²) in [5, 5.41) is 0. The van der Waals surface area contributed by atoms with Crippen LogP contribution >= 0.6 is 0 Å². The van der Waals surface area contributed by atoms with Crippen molar-refractivity contribution < 1.29 is 14.3 Å². The number of carbonyl (C=O) groups excluding carboxylic acids is 2. The van der Waals surface area contributed by atoms with E-state index in [9.17, 15) is 9.59 Å². The lowest BCUT2D eigenvalue weighted by Crippen LogP contribution is -2.32. The van der Waals surface area contributed by atoms with Gasteiger partial charge in [-0.05, 0) is 18.4 Å². The van der Waals surface area contributed by atoms with E-state index in [1.807, 2.05) is 48.2 Å². The Labute approximate surface area is 131 Å². The van der Waals surface area contributed by atoms with Crippen LogP contribution in [0, 0.1) is 5.41 Å². The average Bonchev–Trinajstić information content (AvgIpc) is 2.82. The van der Waals surface area contributed by atoms with Crippen LogP contribution in [0.15, 0.2) is 42.5 Å². The molecule has 4 nitrogen and oxygen atoms in total. The highest BCUT2D eigenvalue weighted by molar-refractivity contribution is 5.86. The maximum atomic E-state index is 12.8. The SMILES string of the molecule is CCC1(/C=C/COC(C)=O)CCN(Cc2ccccc2)C1=O. The molecule has 1 aliphatic heterocycles. The molecule has 4 heteroatoms. The van der Waals surface area contributed by atoms with E-state index in [1.165, 1.54) is 6.92 Å². The lowest BCUT2D eigenvalue weighted by molar-refractivity contribution is -0.139. The topological polar surface area (TPSA) is 46.6 Å². The Bertz CT molecular complexity index is 553. The Hall–Kier alpha value is -2.10. The van der Waals surface area contributed by atoms with Crippen molar-refractivity contribution in [3.8, 4) is 0 Å². The van der Waals surface area contributed by atoms with E-state index in [1.54, 1.807) is 6.08 Å². The predicted molar refractivity (Wildman–Crippen MR) is 85.0 cm³/mol. The van der Waals surface area contributed by atoms with Crippen LogP contribution in [0.3, 0.4) is 0 Å². The Kier molecular flexibility index (Phi) is 5.36. The van der Waals surface area contributed by atoms with E-state index in [0.29, 0.717) is 6.54 Å². The molecule has 1 amide bonds. The van der Waals surface area contributed by atoms with Crippen LogP contribution in [-0.2, 0) is 20.9 Å². The van der Waals surface area contributed by atoms with Crippen LogP contribution < -0.4 is 0 Å². The number of ether oxygens (including phenoxy) is 1. The van der Waals surface area contributed by atoms with Gasteiger partial charge < -0.3 is 9.64 Å². The fourth-order valence-electron chi connectivity index (χ4n) is 2.85. The molecule has 0 saturated carbocycles. The number of benzene rings is 1. The average molecular weight is 301 g/mol. The third-order valence-corrected chi connectivity index (χ3v) is 4.21. The molecule has 2 rings (SSSR count). The highest BCUT2D eigenvalue weighted by atomic mass is 16.5. The van der Waals surface area contributed by atoms with E-state index < -0.39 is 5.41 Å². The molecule has 1 fully saturated rings. The van der Waals surface area contributed by atoms with Crippen LogP contribution in [0.5, 0.6) is 0 Å². The number of rotatable bonds is 6. The maximum Gasteiger partial charge on any atom is 0.302 e. The second-order valence-electron chi connectivity index (χ2n) is 5.68. The highest BCUT2D eigenvalue weighted by Crippen LogP contribution is 2.37. The van der Waals surface area contributed by atoms with Crippen LogP contribution in [0.1, 0.15) is 32.3 Å². The summed E-state index contributed by atoms with van der Waals surface area (Å²) in [6.07, 6.45) is 5.28. The molecule has 1 aliphatic rings. The number of amides is 1. The standard InChI is InChI=1S/C18H23NO3/c1-3-18(10-7-13-22-15(2)20)11-12-19(17(18)21)14-16-8-5-4-6-9-16/h4-10H,3,11-14H2,1-2H3/b10-7+. The monoisotopic (exact) mass is 301 g/mol. The van der Waals surface area contributed by atoms with Gasteiger partial charge in [0.2, 0.25) is 5.91 Å². The highest BCUT2D eigenvalue weighted by Gasteiger charge is 2.42. The Balaban J connectivity index is 2.02. The third kappa shape index (κ3) is 3.75. The van der Waals surface area contributed by atoms with Crippen molar-refractivity contribution in [1.82, 2.24) is 4.90 Å². The number of hydrogen-bond acceptors (Lipinski definition) is 3. The van der Waals surface area contributed by atoms with Crippen molar-refractivity contribution in [1.29, 1.82) is 0 Å². The Morgan fingerprint density at radius 2 is 2.09 bits per heavy atom. The summed E-state index contributed by atoms with van der Waals surface area (Å²) in [6.45, 7) is 5.05. The first-order valence-corrected chi connectivity index (χ1v) is 7.72. The van der Waals surface area contributed by atoms with Gasteiger partial charge in [0.25, 0.3) is 0 Å². The van der Waals surface area contributed by atoms with E-state index in [-0.39, 0.29) is 18.5 Å². The van der Waals surface area contributed by atoms with Gasteiger partial charge in [0.05, 0.1) is 5.41 Å². The number of esters is 1. The van der Waals surface area contributed by atoms with Crippen LogP contribution in [0.2, 0.25) is 0 Å². The van der Waals surface area contributed by atoms with Crippen LogP contribution in [0.25, 0.3) is 0 Å². The molecule has 0 spiro atoms. The van der Waals surface area contributed by atoms with Crippen molar-refractivity contribution in [2.75, 3.05) is 13.2 Å². The molecule has 1 atom stereocenters. The fraction of sp³-hybridized carbons (Fsp3) is 0.444. The first-order chi connectivity index (χ1) is 10.6. The second-order valence-corrected chi connectivity index (χ2v) is 5.68. The minimum absolute atomic E-state index is 0.165. The van der Waals surface area contributed by atoms with Gasteiger partial charge in [-0.1, -0.05) is 49.4 Å². The van der Waals surface area contributed by atoms with Gasteiger partial charge in [0.15, 0.2) is 0 Å². The zero-order chi connectivity index (χ0) is 16.0. The quantitative estimate of drug-likeness (QED) is 0.599. The fourth-order valence-corrected chi connectivity index (χ4v) is 2.85. The molecule has 1 aromatic rings. The minimum atomic E-state index is -0.449. The molecule has 1 saturated heterocycles. The van der Waals surface area contributed by atoms with Crippen molar-refractivity contribution in [3.05, 3.63) is 48.0 Å². The molecule has 1 heterocycles. The summed E-state index contributed by atoms with van der Waals surface area (Å²) in [4.78, 5) is 25.4. The zero-order valence-corrected chi connectivity index (χ0v) is 13.2. The van der Waals surface area contributed by atoms with E-state index in [0.717, 1.165) is 24.9 Å². The van der Waals surface area contributed by atoms with Gasteiger partial charge in [-0.3, -0.25) is 9.59 Å². The predicted octanol–water partition coefficient (Wildman–Crippen LogP) is 2.93. The van der Waals surface area contributed by atoms with Crippen LogP contribution in [-0.4, -0.2) is 29.9 Å². The maximum absolute atomic E-state index is 12.8. The summed E-state index contributed by atoms with van der Waals surface area (Å²) in [5.74, 6) is -0.142. The molecule has 1 aromatic carbocycles. The molecular weight excluding hydrogens is 278 g/mol. The Morgan fingerprint density at radius 1 is 1.36 bits per heavy atom. The molecule has 0 N–H and O–H groups in total. The van der Waals surface area contributed by atoms with Gasteiger partial charge >= 0.3 is 5.97 Å². The molecule has 118 valence electrons. The number of likely N-dealkylation sites (tertiary alicyclic amines) is 1. The lowest BCUT2D eigenvalue weighted by Gasteiger charge is -2.23. The van der Waals surface area contributed by atoms with E-state index in [4.69, 9.17) is 4.74 Å². The van der Waals surface area contributed by atoms with Crippen molar-refractivity contribution in [2.24, 2.45) is 5.41 Å². The van der Waals surface area contributed by atoms with Crippen LogP contribution in [0.4, 0.5) is 0 Å².